The largest absolute Gasteiger partial charge is 0.343 e. The molecule has 0 aliphatic rings. The first-order valence-corrected chi connectivity index (χ1v) is 7.49. The summed E-state index contributed by atoms with van der Waals surface area (Å²) in [5.74, 6) is 0. The summed E-state index contributed by atoms with van der Waals surface area (Å²) in [6.45, 7) is 4.76. The molecule has 2 heteroatoms. The van der Waals surface area contributed by atoms with Gasteiger partial charge in [-0.1, -0.05) is 52.3 Å². The normalized spacial score (nSPS) is 10.8. The molecule has 0 fully saturated rings. The molecule has 0 aliphatic carbocycles. The number of fused-ring (bicyclic) bond motifs is 1. The molecule has 3 rings (SSSR count). The third-order valence-corrected chi connectivity index (χ3v) is 3.98. The van der Waals surface area contributed by atoms with Crippen molar-refractivity contribution < 1.29 is 0 Å². The van der Waals surface area contributed by atoms with Crippen molar-refractivity contribution in [3.8, 4) is 0 Å². The van der Waals surface area contributed by atoms with Crippen LogP contribution >= 0.6 is 15.9 Å². The molecule has 0 saturated carbocycles. The van der Waals surface area contributed by atoms with E-state index in [1.807, 2.05) is 6.08 Å². The summed E-state index contributed by atoms with van der Waals surface area (Å²) in [5, 5.41) is 1.30. The van der Waals surface area contributed by atoms with Gasteiger partial charge in [-0.15, -0.1) is 6.58 Å². The van der Waals surface area contributed by atoms with Gasteiger partial charge >= 0.3 is 0 Å². The Hall–Kier alpha value is -1.80. The van der Waals surface area contributed by atoms with Crippen LogP contribution in [0.2, 0.25) is 0 Å². The molecule has 100 valence electrons. The fraction of sp³-hybridized carbons (Fsp3) is 0.111. The Labute approximate surface area is 127 Å². The van der Waals surface area contributed by atoms with Gasteiger partial charge in [0.2, 0.25) is 0 Å². The van der Waals surface area contributed by atoms with Gasteiger partial charge < -0.3 is 4.57 Å². The van der Waals surface area contributed by atoms with Gasteiger partial charge in [-0.3, -0.25) is 0 Å². The van der Waals surface area contributed by atoms with E-state index < -0.39 is 0 Å². The summed E-state index contributed by atoms with van der Waals surface area (Å²) >= 11 is 3.56. The molecule has 1 heterocycles. The molecular weight excluding hydrogens is 310 g/mol. The third kappa shape index (κ3) is 2.56. The Morgan fingerprint density at radius 2 is 1.90 bits per heavy atom. The van der Waals surface area contributed by atoms with Gasteiger partial charge in [-0.25, -0.2) is 0 Å². The van der Waals surface area contributed by atoms with Crippen LogP contribution in [0.4, 0.5) is 0 Å². The van der Waals surface area contributed by atoms with E-state index in [9.17, 15) is 0 Å². The van der Waals surface area contributed by atoms with E-state index in [1.54, 1.807) is 0 Å². The number of benzene rings is 2. The monoisotopic (exact) mass is 325 g/mol. The zero-order chi connectivity index (χ0) is 13.9. The lowest BCUT2D eigenvalue weighted by Gasteiger charge is -2.05. The maximum Gasteiger partial charge on any atom is 0.0487 e. The predicted octanol–water partition coefficient (Wildman–Crippen LogP) is 5.18. The molecule has 0 spiro atoms. The lowest BCUT2D eigenvalue weighted by Crippen LogP contribution is -1.97. The molecule has 0 bridgehead atoms. The molecule has 0 N–H and O–H groups in total. The minimum Gasteiger partial charge on any atom is -0.343 e. The van der Waals surface area contributed by atoms with Crippen molar-refractivity contribution >= 4 is 26.8 Å². The first-order chi connectivity index (χ1) is 9.78. The van der Waals surface area contributed by atoms with Crippen molar-refractivity contribution in [3.05, 3.63) is 83.0 Å². The fourth-order valence-corrected chi connectivity index (χ4v) is 2.93. The molecule has 3 aromatic rings. The van der Waals surface area contributed by atoms with Crippen molar-refractivity contribution in [1.29, 1.82) is 0 Å². The molecule has 2 aromatic carbocycles. The highest BCUT2D eigenvalue weighted by atomic mass is 79.9. The average Bonchev–Trinajstić information content (AvgIpc) is 2.78. The van der Waals surface area contributed by atoms with Crippen LogP contribution in [-0.4, -0.2) is 4.57 Å². The Balaban J connectivity index is 2.09. The minimum absolute atomic E-state index is 0.898. The number of aromatic nitrogens is 1. The van der Waals surface area contributed by atoms with Crippen LogP contribution in [0.5, 0.6) is 0 Å². The molecule has 0 saturated heterocycles. The zero-order valence-electron chi connectivity index (χ0n) is 11.2. The highest BCUT2D eigenvalue weighted by Gasteiger charge is 2.08. The minimum atomic E-state index is 0.898. The highest BCUT2D eigenvalue weighted by molar-refractivity contribution is 9.10. The molecule has 1 nitrogen and oxygen atoms in total. The summed E-state index contributed by atoms with van der Waals surface area (Å²) in [7, 11) is 0. The van der Waals surface area contributed by atoms with Crippen LogP contribution in [0.3, 0.4) is 0 Å². The first-order valence-electron chi connectivity index (χ1n) is 6.70. The molecule has 0 aliphatic heterocycles. The second-order valence-electron chi connectivity index (χ2n) is 4.92. The van der Waals surface area contributed by atoms with Crippen LogP contribution in [0.25, 0.3) is 10.9 Å². The maximum absolute atomic E-state index is 3.86. The molecular formula is C18H16BrN. The zero-order valence-corrected chi connectivity index (χ0v) is 12.8. The molecule has 20 heavy (non-hydrogen) atoms. The van der Waals surface area contributed by atoms with Gasteiger partial charge in [-0.2, -0.15) is 0 Å². The summed E-state index contributed by atoms with van der Waals surface area (Å²) < 4.78 is 3.43. The van der Waals surface area contributed by atoms with Gasteiger partial charge in [0.05, 0.1) is 0 Å². The van der Waals surface area contributed by atoms with Gasteiger partial charge in [0.25, 0.3) is 0 Å². The number of allylic oxidation sites excluding steroid dienone is 1. The van der Waals surface area contributed by atoms with Crippen LogP contribution in [-0.2, 0) is 13.0 Å². The lowest BCUT2D eigenvalue weighted by atomic mass is 10.1. The van der Waals surface area contributed by atoms with E-state index in [4.69, 9.17) is 0 Å². The van der Waals surface area contributed by atoms with Crippen LogP contribution < -0.4 is 0 Å². The van der Waals surface area contributed by atoms with E-state index in [0.29, 0.717) is 0 Å². The summed E-state index contributed by atoms with van der Waals surface area (Å²) in [6.07, 6.45) is 5.10. The smallest absolute Gasteiger partial charge is 0.0487 e. The van der Waals surface area contributed by atoms with Gasteiger partial charge in [0.15, 0.2) is 0 Å². The van der Waals surface area contributed by atoms with Crippen molar-refractivity contribution in [2.45, 2.75) is 13.0 Å². The molecule has 0 unspecified atom stereocenters. The Kier molecular flexibility index (Phi) is 3.75. The van der Waals surface area contributed by atoms with Crippen molar-refractivity contribution in [1.82, 2.24) is 4.57 Å². The molecule has 0 radical (unpaired) electrons. The van der Waals surface area contributed by atoms with Crippen LogP contribution in [0, 0.1) is 0 Å². The maximum atomic E-state index is 3.86. The van der Waals surface area contributed by atoms with E-state index in [0.717, 1.165) is 17.4 Å². The van der Waals surface area contributed by atoms with Crippen LogP contribution in [0.1, 0.15) is 11.1 Å². The number of halogens is 1. The van der Waals surface area contributed by atoms with Gasteiger partial charge in [0, 0.05) is 28.1 Å². The van der Waals surface area contributed by atoms with E-state index in [2.05, 4.69) is 81.8 Å². The molecule has 0 atom stereocenters. The second-order valence-corrected chi connectivity index (χ2v) is 5.84. The van der Waals surface area contributed by atoms with Gasteiger partial charge in [0.1, 0.15) is 0 Å². The summed E-state index contributed by atoms with van der Waals surface area (Å²) in [5.41, 5.74) is 3.92. The van der Waals surface area contributed by atoms with Crippen molar-refractivity contribution in [2.24, 2.45) is 0 Å². The first kappa shape index (κ1) is 13.2. The van der Waals surface area contributed by atoms with Crippen LogP contribution in [0.15, 0.2) is 71.9 Å². The number of nitrogens with zero attached hydrogens (tertiary/aromatic N) is 1. The second kappa shape index (κ2) is 5.68. The third-order valence-electron chi connectivity index (χ3n) is 3.49. The Morgan fingerprint density at radius 1 is 1.10 bits per heavy atom. The molecule has 0 amide bonds. The molecule has 1 aromatic heterocycles. The number of hydrogen-bond donors (Lipinski definition) is 0. The lowest BCUT2D eigenvalue weighted by molar-refractivity contribution is 0.832. The fourth-order valence-electron chi connectivity index (χ4n) is 2.57. The SMILES string of the molecule is C=CCc1cn(Cc2ccccc2)c2ccc(Br)cc12. The number of rotatable bonds is 4. The van der Waals surface area contributed by atoms with E-state index in [-0.39, 0.29) is 0 Å². The van der Waals surface area contributed by atoms with Crippen molar-refractivity contribution in [2.75, 3.05) is 0 Å². The standard InChI is InChI=1S/C18H16BrN/c1-2-6-15-13-20(12-14-7-4-3-5-8-14)18-10-9-16(19)11-17(15)18/h2-5,7-11,13H,1,6,12H2. The Bertz CT molecular complexity index is 741. The van der Waals surface area contributed by atoms with Gasteiger partial charge in [-0.05, 0) is 35.7 Å². The topological polar surface area (TPSA) is 4.93 Å². The summed E-state index contributed by atoms with van der Waals surface area (Å²) in [4.78, 5) is 0. The Morgan fingerprint density at radius 3 is 2.65 bits per heavy atom. The van der Waals surface area contributed by atoms with Crippen molar-refractivity contribution in [3.63, 3.8) is 0 Å². The summed E-state index contributed by atoms with van der Waals surface area (Å²) in [6, 6.07) is 17.0. The quantitative estimate of drug-likeness (QED) is 0.582. The average molecular weight is 326 g/mol. The van der Waals surface area contributed by atoms with E-state index >= 15 is 0 Å². The highest BCUT2D eigenvalue weighted by Crippen LogP contribution is 2.26. The van der Waals surface area contributed by atoms with E-state index in [1.165, 1.54) is 22.0 Å². The number of hydrogen-bond acceptors (Lipinski definition) is 0. The predicted molar refractivity (Wildman–Crippen MR) is 89.1 cm³/mol.